The Hall–Kier alpha value is -1.76. The lowest BCUT2D eigenvalue weighted by atomic mass is 9.97. The van der Waals surface area contributed by atoms with Gasteiger partial charge in [-0.05, 0) is 23.6 Å². The number of nitrogens with one attached hydrogen (secondary N) is 1. The van der Waals surface area contributed by atoms with Crippen molar-refractivity contribution in [2.24, 2.45) is 0 Å². The van der Waals surface area contributed by atoms with Crippen molar-refractivity contribution in [1.82, 2.24) is 0 Å². The van der Waals surface area contributed by atoms with Crippen LogP contribution in [-0.2, 0) is 14.2 Å². The predicted molar refractivity (Wildman–Crippen MR) is 111 cm³/mol. The molecule has 0 fully saturated rings. The number of aryl methyl sites for hydroxylation is 1. The summed E-state index contributed by atoms with van der Waals surface area (Å²) in [7, 11) is 3.39. The van der Waals surface area contributed by atoms with Crippen LogP contribution in [0, 0.1) is 6.92 Å². The third-order valence-electron chi connectivity index (χ3n) is 4.87. The first-order valence-electron chi connectivity index (χ1n) is 9.87. The van der Waals surface area contributed by atoms with Gasteiger partial charge in [0.05, 0.1) is 19.8 Å². The van der Waals surface area contributed by atoms with Crippen LogP contribution in [-0.4, -0.2) is 64.9 Å². The summed E-state index contributed by atoms with van der Waals surface area (Å²) in [5.41, 5.74) is 3.40. The third kappa shape index (κ3) is 7.34. The second kappa shape index (κ2) is 12.6. The molecule has 0 aliphatic carbocycles. The van der Waals surface area contributed by atoms with Crippen molar-refractivity contribution in [3.8, 4) is 0 Å². The Bertz CT molecular complexity index is 657. The summed E-state index contributed by atoms with van der Waals surface area (Å²) in [5.74, 6) is 0. The fourth-order valence-electron chi connectivity index (χ4n) is 3.30. The van der Waals surface area contributed by atoms with Crippen LogP contribution in [0.3, 0.4) is 0 Å². The number of hydrogen-bond donors (Lipinski definition) is 2. The van der Waals surface area contributed by atoms with E-state index < -0.39 is 6.10 Å². The lowest BCUT2D eigenvalue weighted by Gasteiger charge is -2.25. The molecule has 5 heteroatoms. The van der Waals surface area contributed by atoms with Gasteiger partial charge >= 0.3 is 0 Å². The zero-order valence-corrected chi connectivity index (χ0v) is 17.3. The minimum absolute atomic E-state index is 0.196. The molecule has 2 N–H and O–H groups in total. The molecule has 0 amide bonds. The molecule has 0 aromatic heterocycles. The van der Waals surface area contributed by atoms with Crippen LogP contribution in [0.25, 0.3) is 0 Å². The molecule has 0 heterocycles. The zero-order valence-electron chi connectivity index (χ0n) is 17.3. The molecule has 0 aliphatic heterocycles. The Morgan fingerprint density at radius 3 is 2.11 bits per heavy atom. The zero-order chi connectivity index (χ0) is 20.2. The summed E-state index contributed by atoms with van der Waals surface area (Å²) < 4.78 is 16.6. The standard InChI is InChI=1S/C23H33NO4/c1-19-9-7-8-12-22(19)23(20-10-5-4-6-11-20)28-18-21(25)17-24(13-15-26-2)14-16-27-3/h4-12,21,23,25H,13-18H2,1-3H3/p+1/t21-,23-/m0/s1. The second-order valence-electron chi connectivity index (χ2n) is 7.07. The van der Waals surface area contributed by atoms with Crippen molar-refractivity contribution < 1.29 is 24.2 Å². The van der Waals surface area contributed by atoms with E-state index in [-0.39, 0.29) is 12.7 Å². The first kappa shape index (κ1) is 22.5. The van der Waals surface area contributed by atoms with Crippen LogP contribution in [0.1, 0.15) is 22.8 Å². The maximum Gasteiger partial charge on any atom is 0.126 e. The van der Waals surface area contributed by atoms with Gasteiger partial charge in [0.1, 0.15) is 31.8 Å². The van der Waals surface area contributed by atoms with E-state index >= 15 is 0 Å². The fraction of sp³-hybridized carbons (Fsp3) is 0.478. The predicted octanol–water partition coefficient (Wildman–Crippen LogP) is 1.64. The van der Waals surface area contributed by atoms with Gasteiger partial charge in [-0.15, -0.1) is 0 Å². The number of benzene rings is 2. The molecule has 28 heavy (non-hydrogen) atoms. The minimum atomic E-state index is -0.557. The third-order valence-corrected chi connectivity index (χ3v) is 4.87. The van der Waals surface area contributed by atoms with Gasteiger partial charge in [-0.2, -0.15) is 0 Å². The van der Waals surface area contributed by atoms with E-state index in [0.717, 1.165) is 24.2 Å². The summed E-state index contributed by atoms with van der Waals surface area (Å²) in [5, 5.41) is 10.6. The highest BCUT2D eigenvalue weighted by Crippen LogP contribution is 2.28. The minimum Gasteiger partial charge on any atom is -0.385 e. The largest absolute Gasteiger partial charge is 0.385 e. The van der Waals surface area contributed by atoms with Crippen molar-refractivity contribution in [3.05, 3.63) is 71.3 Å². The highest BCUT2D eigenvalue weighted by Gasteiger charge is 2.21. The van der Waals surface area contributed by atoms with Crippen LogP contribution >= 0.6 is 0 Å². The lowest BCUT2D eigenvalue weighted by molar-refractivity contribution is -0.904. The maximum absolute atomic E-state index is 10.6. The Morgan fingerprint density at radius 2 is 1.50 bits per heavy atom. The first-order chi connectivity index (χ1) is 13.7. The van der Waals surface area contributed by atoms with Gasteiger partial charge in [0, 0.05) is 14.2 Å². The van der Waals surface area contributed by atoms with Gasteiger partial charge in [0.25, 0.3) is 0 Å². The van der Waals surface area contributed by atoms with Gasteiger partial charge in [0.2, 0.25) is 0 Å². The molecular formula is C23H34NO4+. The van der Waals surface area contributed by atoms with Crippen LogP contribution < -0.4 is 4.90 Å². The van der Waals surface area contributed by atoms with Crippen LogP contribution in [0.5, 0.6) is 0 Å². The molecule has 2 aromatic rings. The summed E-state index contributed by atoms with van der Waals surface area (Å²) >= 11 is 0. The van der Waals surface area contributed by atoms with E-state index in [1.54, 1.807) is 14.2 Å². The van der Waals surface area contributed by atoms with E-state index in [1.165, 1.54) is 10.5 Å². The van der Waals surface area contributed by atoms with Crippen LogP contribution in [0.15, 0.2) is 54.6 Å². The summed E-state index contributed by atoms with van der Waals surface area (Å²) in [6, 6.07) is 18.4. The van der Waals surface area contributed by atoms with Gasteiger partial charge in [-0.1, -0.05) is 54.6 Å². The smallest absolute Gasteiger partial charge is 0.126 e. The fourth-order valence-corrected chi connectivity index (χ4v) is 3.30. The first-order valence-corrected chi connectivity index (χ1v) is 9.87. The van der Waals surface area contributed by atoms with Crippen molar-refractivity contribution in [3.63, 3.8) is 0 Å². The highest BCUT2D eigenvalue weighted by molar-refractivity contribution is 5.35. The molecule has 0 unspecified atom stereocenters. The molecule has 5 nitrogen and oxygen atoms in total. The van der Waals surface area contributed by atoms with Gasteiger partial charge in [-0.25, -0.2) is 0 Å². The number of hydrogen-bond acceptors (Lipinski definition) is 4. The van der Waals surface area contributed by atoms with E-state index in [4.69, 9.17) is 14.2 Å². The molecule has 2 aromatic carbocycles. The maximum atomic E-state index is 10.6. The quantitative estimate of drug-likeness (QED) is 0.548. The van der Waals surface area contributed by atoms with Crippen molar-refractivity contribution in [2.45, 2.75) is 19.1 Å². The van der Waals surface area contributed by atoms with Gasteiger partial charge < -0.3 is 24.2 Å². The molecule has 0 bridgehead atoms. The topological polar surface area (TPSA) is 52.4 Å². The summed E-state index contributed by atoms with van der Waals surface area (Å²) in [6.45, 7) is 5.93. The number of ether oxygens (including phenoxy) is 3. The Morgan fingerprint density at radius 1 is 0.893 bits per heavy atom. The number of aliphatic hydroxyl groups excluding tert-OH is 1. The normalized spacial score (nSPS) is 13.6. The van der Waals surface area contributed by atoms with Crippen LogP contribution in [0.4, 0.5) is 0 Å². The Balaban J connectivity index is 2.03. The van der Waals surface area contributed by atoms with E-state index in [9.17, 15) is 5.11 Å². The SMILES string of the molecule is COCC[NH+](CCOC)C[C@H](O)CO[C@@H](c1ccccc1)c1ccccc1C. The second-order valence-corrected chi connectivity index (χ2v) is 7.07. The van der Waals surface area contributed by atoms with Crippen molar-refractivity contribution >= 4 is 0 Å². The molecule has 0 saturated carbocycles. The number of quaternary nitrogens is 1. The number of aliphatic hydroxyl groups is 1. The Kier molecular flexibility index (Phi) is 10.2. The van der Waals surface area contributed by atoms with E-state index in [1.807, 2.05) is 30.3 Å². The van der Waals surface area contributed by atoms with Crippen LogP contribution in [0.2, 0.25) is 0 Å². The Labute approximate surface area is 168 Å². The molecule has 2 rings (SSSR count). The monoisotopic (exact) mass is 388 g/mol. The summed E-state index contributed by atoms with van der Waals surface area (Å²) in [4.78, 5) is 1.24. The lowest BCUT2D eigenvalue weighted by Crippen LogP contribution is -3.14. The summed E-state index contributed by atoms with van der Waals surface area (Å²) in [6.07, 6.45) is -0.752. The van der Waals surface area contributed by atoms with E-state index in [2.05, 4.69) is 31.2 Å². The molecule has 0 radical (unpaired) electrons. The average Bonchev–Trinajstić information content (AvgIpc) is 2.72. The molecule has 154 valence electrons. The molecule has 0 aliphatic rings. The molecule has 0 saturated heterocycles. The van der Waals surface area contributed by atoms with Crippen molar-refractivity contribution in [1.29, 1.82) is 0 Å². The number of rotatable bonds is 13. The molecule has 0 spiro atoms. The van der Waals surface area contributed by atoms with E-state index in [0.29, 0.717) is 19.8 Å². The average molecular weight is 389 g/mol. The molecule has 2 atom stereocenters. The highest BCUT2D eigenvalue weighted by atomic mass is 16.5. The number of methoxy groups -OCH3 is 2. The van der Waals surface area contributed by atoms with Crippen molar-refractivity contribution in [2.75, 3.05) is 53.7 Å². The molecular weight excluding hydrogens is 354 g/mol. The van der Waals surface area contributed by atoms with Gasteiger partial charge in [-0.3, -0.25) is 0 Å². The van der Waals surface area contributed by atoms with Gasteiger partial charge in [0.15, 0.2) is 0 Å².